The molecule has 0 amide bonds. The maximum atomic E-state index is 12.2. The van der Waals surface area contributed by atoms with Crippen LogP contribution in [0.1, 0.15) is 38.3 Å². The number of aliphatic carboxylic acids is 1. The number of alkyl halides is 2. The van der Waals surface area contributed by atoms with E-state index < -0.39 is 12.6 Å². The Labute approximate surface area is 159 Å². The Bertz CT molecular complexity index is 552. The summed E-state index contributed by atoms with van der Waals surface area (Å²) in [4.78, 5) is 15.3. The van der Waals surface area contributed by atoms with Crippen LogP contribution in [0.5, 0.6) is 5.75 Å². The lowest BCUT2D eigenvalue weighted by Crippen LogP contribution is -2.47. The number of likely N-dealkylation sites (tertiary alicyclic amines) is 1. The Kier molecular flexibility index (Phi) is 9.25. The number of ether oxygens (including phenoxy) is 1. The number of hydrogen-bond acceptors (Lipinski definition) is 4. The number of likely N-dealkylation sites (N-methyl/N-ethyl adjacent to an activating group) is 1. The van der Waals surface area contributed by atoms with Crippen LogP contribution in [0.15, 0.2) is 24.3 Å². The summed E-state index contributed by atoms with van der Waals surface area (Å²) in [5.74, 6) is -0.624. The minimum atomic E-state index is -2.81. The molecule has 0 spiro atoms. The molecule has 0 bridgehead atoms. The predicted octanol–water partition coefficient (Wildman–Crippen LogP) is 3.64. The first-order valence-electron chi connectivity index (χ1n) is 8.65. The van der Waals surface area contributed by atoms with Crippen molar-refractivity contribution < 1.29 is 23.4 Å². The maximum absolute atomic E-state index is 12.2. The van der Waals surface area contributed by atoms with Gasteiger partial charge >= 0.3 is 12.6 Å². The van der Waals surface area contributed by atoms with E-state index in [0.717, 1.165) is 38.0 Å². The number of carbonyl (C=O) groups is 1. The molecule has 1 heterocycles. The van der Waals surface area contributed by atoms with Gasteiger partial charge in [-0.15, -0.1) is 12.4 Å². The Hall–Kier alpha value is -1.44. The first kappa shape index (κ1) is 22.6. The molecular formula is C18H27ClF2N2O3. The van der Waals surface area contributed by atoms with Crippen molar-refractivity contribution in [2.24, 2.45) is 0 Å². The van der Waals surface area contributed by atoms with E-state index >= 15 is 0 Å². The SMILES string of the molecule is CCN(CC(=O)O)C1CCN(C(C)c2ccc(OC(F)F)cc2)CC1.Cl. The molecular weight excluding hydrogens is 366 g/mol. The van der Waals surface area contributed by atoms with Crippen LogP contribution in [0.2, 0.25) is 0 Å². The zero-order valence-corrected chi connectivity index (χ0v) is 15.9. The second-order valence-corrected chi connectivity index (χ2v) is 6.35. The molecule has 26 heavy (non-hydrogen) atoms. The number of carboxylic acids is 1. The topological polar surface area (TPSA) is 53.0 Å². The van der Waals surface area contributed by atoms with Crippen LogP contribution in [-0.2, 0) is 4.79 Å². The van der Waals surface area contributed by atoms with Crippen molar-refractivity contribution in [3.8, 4) is 5.75 Å². The second kappa shape index (κ2) is 10.6. The van der Waals surface area contributed by atoms with Crippen molar-refractivity contribution in [1.29, 1.82) is 0 Å². The predicted molar refractivity (Wildman–Crippen MR) is 98.2 cm³/mol. The molecule has 8 heteroatoms. The molecule has 0 saturated carbocycles. The molecule has 1 aliphatic heterocycles. The van der Waals surface area contributed by atoms with Crippen molar-refractivity contribution in [2.75, 3.05) is 26.2 Å². The molecule has 1 aromatic carbocycles. The largest absolute Gasteiger partial charge is 0.480 e. The molecule has 1 atom stereocenters. The van der Waals surface area contributed by atoms with Gasteiger partial charge in [-0.25, -0.2) is 0 Å². The summed E-state index contributed by atoms with van der Waals surface area (Å²) >= 11 is 0. The zero-order valence-electron chi connectivity index (χ0n) is 15.1. The number of piperidine rings is 1. The van der Waals surface area contributed by atoms with Crippen LogP contribution in [0.4, 0.5) is 8.78 Å². The van der Waals surface area contributed by atoms with E-state index in [1.807, 2.05) is 24.0 Å². The van der Waals surface area contributed by atoms with Gasteiger partial charge in [0.15, 0.2) is 0 Å². The smallest absolute Gasteiger partial charge is 0.387 e. The van der Waals surface area contributed by atoms with E-state index in [9.17, 15) is 13.6 Å². The van der Waals surface area contributed by atoms with Gasteiger partial charge in [0.1, 0.15) is 5.75 Å². The molecule has 1 saturated heterocycles. The van der Waals surface area contributed by atoms with Crippen LogP contribution < -0.4 is 4.74 Å². The molecule has 1 aliphatic rings. The third-order valence-electron chi connectivity index (χ3n) is 4.90. The summed E-state index contributed by atoms with van der Waals surface area (Å²) in [6.07, 6.45) is 1.86. The van der Waals surface area contributed by atoms with E-state index in [0.29, 0.717) is 6.04 Å². The molecule has 2 rings (SSSR count). The fourth-order valence-electron chi connectivity index (χ4n) is 3.45. The quantitative estimate of drug-likeness (QED) is 0.732. The molecule has 0 aliphatic carbocycles. The van der Waals surface area contributed by atoms with E-state index in [-0.39, 0.29) is 30.7 Å². The second-order valence-electron chi connectivity index (χ2n) is 6.35. The normalized spacial score (nSPS) is 17.2. The molecule has 148 valence electrons. The van der Waals surface area contributed by atoms with Gasteiger partial charge in [0.05, 0.1) is 6.54 Å². The Morgan fingerprint density at radius 3 is 2.35 bits per heavy atom. The minimum Gasteiger partial charge on any atom is -0.480 e. The highest BCUT2D eigenvalue weighted by atomic mass is 35.5. The van der Waals surface area contributed by atoms with E-state index in [4.69, 9.17) is 5.11 Å². The standard InChI is InChI=1S/C18H26F2N2O3.ClH/c1-3-21(12-17(23)24)15-8-10-22(11-9-15)13(2)14-4-6-16(7-5-14)25-18(19)20;/h4-7,13,15,18H,3,8-12H2,1-2H3,(H,23,24);1H. The van der Waals surface area contributed by atoms with Crippen molar-refractivity contribution in [3.63, 3.8) is 0 Å². The Balaban J connectivity index is 0.00000338. The third kappa shape index (κ3) is 6.37. The number of halogens is 3. The Morgan fingerprint density at radius 1 is 1.31 bits per heavy atom. The summed E-state index contributed by atoms with van der Waals surface area (Å²) in [5.41, 5.74) is 1.05. The molecule has 5 nitrogen and oxygen atoms in total. The van der Waals surface area contributed by atoms with Crippen molar-refractivity contribution in [2.45, 2.75) is 45.4 Å². The van der Waals surface area contributed by atoms with E-state index in [2.05, 4.69) is 16.6 Å². The third-order valence-corrected chi connectivity index (χ3v) is 4.90. The van der Waals surface area contributed by atoms with E-state index in [1.165, 1.54) is 0 Å². The lowest BCUT2D eigenvalue weighted by atomic mass is 9.99. The van der Waals surface area contributed by atoms with Gasteiger partial charge in [-0.3, -0.25) is 14.6 Å². The highest BCUT2D eigenvalue weighted by molar-refractivity contribution is 5.85. The molecule has 1 N–H and O–H groups in total. The zero-order chi connectivity index (χ0) is 18.4. The van der Waals surface area contributed by atoms with Crippen LogP contribution in [-0.4, -0.2) is 59.7 Å². The van der Waals surface area contributed by atoms with Gasteiger partial charge in [0.2, 0.25) is 0 Å². The van der Waals surface area contributed by atoms with Crippen molar-refractivity contribution in [1.82, 2.24) is 9.80 Å². The highest BCUT2D eigenvalue weighted by Gasteiger charge is 2.27. The molecule has 0 aromatic heterocycles. The van der Waals surface area contributed by atoms with Gasteiger partial charge in [-0.1, -0.05) is 19.1 Å². The van der Waals surface area contributed by atoms with Gasteiger partial charge in [-0.2, -0.15) is 8.78 Å². The van der Waals surface area contributed by atoms with Gasteiger partial charge in [-0.05, 0) is 44.0 Å². The number of carboxylic acid groups (broad SMARTS) is 1. The average molecular weight is 393 g/mol. The summed E-state index contributed by atoms with van der Waals surface area (Å²) in [6.45, 7) is 3.86. The summed E-state index contributed by atoms with van der Waals surface area (Å²) < 4.78 is 28.8. The van der Waals surface area contributed by atoms with Gasteiger partial charge < -0.3 is 9.84 Å². The summed E-state index contributed by atoms with van der Waals surface area (Å²) in [5, 5.41) is 9.00. The van der Waals surface area contributed by atoms with Gasteiger partial charge in [0.25, 0.3) is 0 Å². The molecule has 1 fully saturated rings. The van der Waals surface area contributed by atoms with E-state index in [1.54, 1.807) is 12.1 Å². The number of benzene rings is 1. The maximum Gasteiger partial charge on any atom is 0.387 e. The summed E-state index contributed by atoms with van der Waals surface area (Å²) in [7, 11) is 0. The van der Waals surface area contributed by atoms with Crippen LogP contribution in [0, 0.1) is 0 Å². The summed E-state index contributed by atoms with van der Waals surface area (Å²) in [6, 6.07) is 7.24. The number of rotatable bonds is 8. The number of nitrogens with zero attached hydrogens (tertiary/aromatic N) is 2. The fraction of sp³-hybridized carbons (Fsp3) is 0.611. The lowest BCUT2D eigenvalue weighted by Gasteiger charge is -2.40. The fourth-order valence-corrected chi connectivity index (χ4v) is 3.45. The number of hydrogen-bond donors (Lipinski definition) is 1. The van der Waals surface area contributed by atoms with Crippen molar-refractivity contribution >= 4 is 18.4 Å². The van der Waals surface area contributed by atoms with Crippen LogP contribution in [0.25, 0.3) is 0 Å². The van der Waals surface area contributed by atoms with Gasteiger partial charge in [0, 0.05) is 25.2 Å². The minimum absolute atomic E-state index is 0. The molecule has 0 radical (unpaired) electrons. The monoisotopic (exact) mass is 392 g/mol. The lowest BCUT2D eigenvalue weighted by molar-refractivity contribution is -0.139. The molecule has 1 unspecified atom stereocenters. The molecule has 1 aromatic rings. The highest BCUT2D eigenvalue weighted by Crippen LogP contribution is 2.27. The average Bonchev–Trinajstić information content (AvgIpc) is 2.59. The van der Waals surface area contributed by atoms with Crippen molar-refractivity contribution in [3.05, 3.63) is 29.8 Å². The first-order valence-corrected chi connectivity index (χ1v) is 8.65. The van der Waals surface area contributed by atoms with Crippen LogP contribution >= 0.6 is 12.4 Å². The first-order chi connectivity index (χ1) is 11.9. The Morgan fingerprint density at radius 2 is 1.88 bits per heavy atom. The van der Waals surface area contributed by atoms with Crippen LogP contribution in [0.3, 0.4) is 0 Å².